The first-order valence-corrected chi connectivity index (χ1v) is 8.30. The Bertz CT molecular complexity index is 544. The van der Waals surface area contributed by atoms with Gasteiger partial charge in [-0.15, -0.1) is 11.8 Å². The molecule has 0 aliphatic rings. The van der Waals surface area contributed by atoms with Gasteiger partial charge >= 0.3 is 0 Å². The van der Waals surface area contributed by atoms with Crippen LogP contribution >= 0.6 is 11.8 Å². The fourth-order valence-corrected chi connectivity index (χ4v) is 3.21. The Kier molecular flexibility index (Phi) is 5.43. The summed E-state index contributed by atoms with van der Waals surface area (Å²) in [5.41, 5.74) is 2.93. The number of benzene rings is 1. The molecule has 1 aromatic carbocycles. The van der Waals surface area contributed by atoms with Crippen LogP contribution in [0.1, 0.15) is 37.9 Å². The average molecular weight is 300 g/mol. The van der Waals surface area contributed by atoms with E-state index >= 15 is 0 Å². The Morgan fingerprint density at radius 3 is 2.19 bits per heavy atom. The molecule has 3 heteroatoms. The second-order valence-corrected chi connectivity index (χ2v) is 7.30. The summed E-state index contributed by atoms with van der Waals surface area (Å²) < 4.78 is 0. The van der Waals surface area contributed by atoms with Crippen LogP contribution in [0.15, 0.2) is 53.7 Å². The predicted octanol–water partition coefficient (Wildman–Crippen LogP) is 4.43. The van der Waals surface area contributed by atoms with Gasteiger partial charge < -0.3 is 5.32 Å². The zero-order valence-corrected chi connectivity index (χ0v) is 14.1. The van der Waals surface area contributed by atoms with Crippen molar-refractivity contribution in [2.45, 2.75) is 37.1 Å². The number of rotatable bonds is 5. The van der Waals surface area contributed by atoms with E-state index in [0.717, 1.165) is 5.75 Å². The van der Waals surface area contributed by atoms with Crippen molar-refractivity contribution in [3.63, 3.8) is 0 Å². The summed E-state index contributed by atoms with van der Waals surface area (Å²) in [6.45, 7) is 6.74. The third kappa shape index (κ3) is 4.58. The van der Waals surface area contributed by atoms with Crippen LogP contribution in [-0.2, 0) is 5.41 Å². The van der Waals surface area contributed by atoms with Crippen molar-refractivity contribution >= 4 is 11.8 Å². The SMILES string of the molecule is CNC(CSc1ccncc1)c1ccc(C(C)(C)C)cc1. The first-order valence-electron chi connectivity index (χ1n) is 7.31. The lowest BCUT2D eigenvalue weighted by atomic mass is 9.86. The normalized spacial score (nSPS) is 13.1. The number of hydrogen-bond donors (Lipinski definition) is 1. The number of nitrogens with one attached hydrogen (secondary N) is 1. The molecule has 0 radical (unpaired) electrons. The minimum Gasteiger partial charge on any atom is -0.312 e. The van der Waals surface area contributed by atoms with Crippen LogP contribution in [0.3, 0.4) is 0 Å². The molecule has 1 atom stereocenters. The number of hydrogen-bond acceptors (Lipinski definition) is 3. The van der Waals surface area contributed by atoms with Crippen molar-refractivity contribution in [2.24, 2.45) is 0 Å². The molecule has 1 unspecified atom stereocenters. The van der Waals surface area contributed by atoms with Crippen molar-refractivity contribution in [3.05, 3.63) is 59.9 Å². The summed E-state index contributed by atoms with van der Waals surface area (Å²) in [5.74, 6) is 1.01. The molecule has 112 valence electrons. The molecule has 1 aromatic heterocycles. The molecule has 0 saturated heterocycles. The van der Waals surface area contributed by atoms with E-state index in [0.29, 0.717) is 6.04 Å². The van der Waals surface area contributed by atoms with E-state index in [1.165, 1.54) is 16.0 Å². The molecule has 2 rings (SSSR count). The third-order valence-electron chi connectivity index (χ3n) is 3.59. The van der Waals surface area contributed by atoms with Crippen LogP contribution in [0, 0.1) is 0 Å². The number of thioether (sulfide) groups is 1. The van der Waals surface area contributed by atoms with Crippen molar-refractivity contribution < 1.29 is 0 Å². The number of pyridine rings is 1. The van der Waals surface area contributed by atoms with E-state index in [1.54, 1.807) is 0 Å². The van der Waals surface area contributed by atoms with Gasteiger partial charge in [-0.05, 0) is 35.7 Å². The van der Waals surface area contributed by atoms with E-state index in [4.69, 9.17) is 0 Å². The highest BCUT2D eigenvalue weighted by Crippen LogP contribution is 2.27. The van der Waals surface area contributed by atoms with Crippen molar-refractivity contribution in [3.8, 4) is 0 Å². The molecule has 0 aliphatic carbocycles. The van der Waals surface area contributed by atoms with Gasteiger partial charge in [0, 0.05) is 29.1 Å². The first-order chi connectivity index (χ1) is 10.0. The predicted molar refractivity (Wildman–Crippen MR) is 91.9 cm³/mol. The molecule has 0 amide bonds. The summed E-state index contributed by atoms with van der Waals surface area (Å²) in [6, 6.07) is 13.5. The Balaban J connectivity index is 2.04. The smallest absolute Gasteiger partial charge is 0.0412 e. The minimum absolute atomic E-state index is 0.208. The lowest BCUT2D eigenvalue weighted by molar-refractivity contribution is 0.588. The molecular weight excluding hydrogens is 276 g/mol. The van der Waals surface area contributed by atoms with Crippen molar-refractivity contribution in [1.82, 2.24) is 10.3 Å². The van der Waals surface area contributed by atoms with Gasteiger partial charge in [-0.3, -0.25) is 4.98 Å². The summed E-state index contributed by atoms with van der Waals surface area (Å²) in [7, 11) is 2.02. The van der Waals surface area contributed by atoms with Gasteiger partial charge in [-0.1, -0.05) is 45.0 Å². The van der Waals surface area contributed by atoms with Crippen LogP contribution < -0.4 is 5.32 Å². The van der Waals surface area contributed by atoms with E-state index < -0.39 is 0 Å². The van der Waals surface area contributed by atoms with Gasteiger partial charge in [0.25, 0.3) is 0 Å². The van der Waals surface area contributed by atoms with Crippen LogP contribution in [-0.4, -0.2) is 17.8 Å². The molecular formula is C18H24N2S. The van der Waals surface area contributed by atoms with Gasteiger partial charge in [0.2, 0.25) is 0 Å². The molecule has 0 aliphatic heterocycles. The molecule has 1 N–H and O–H groups in total. The summed E-state index contributed by atoms with van der Waals surface area (Å²) in [4.78, 5) is 5.32. The van der Waals surface area contributed by atoms with E-state index in [9.17, 15) is 0 Å². The maximum atomic E-state index is 4.05. The summed E-state index contributed by atoms with van der Waals surface area (Å²) >= 11 is 1.86. The molecule has 2 aromatic rings. The Morgan fingerprint density at radius 1 is 1.05 bits per heavy atom. The van der Waals surface area contributed by atoms with E-state index in [1.807, 2.05) is 31.2 Å². The molecule has 0 bridgehead atoms. The fraction of sp³-hybridized carbons (Fsp3) is 0.389. The van der Waals surface area contributed by atoms with Gasteiger partial charge in [-0.2, -0.15) is 0 Å². The largest absolute Gasteiger partial charge is 0.312 e. The average Bonchev–Trinajstić information content (AvgIpc) is 2.48. The highest BCUT2D eigenvalue weighted by Gasteiger charge is 2.15. The zero-order chi connectivity index (χ0) is 15.3. The molecule has 0 saturated carbocycles. The molecule has 0 spiro atoms. The summed E-state index contributed by atoms with van der Waals surface area (Å²) in [6.07, 6.45) is 3.68. The van der Waals surface area contributed by atoms with Gasteiger partial charge in [0.05, 0.1) is 0 Å². The molecule has 0 fully saturated rings. The highest BCUT2D eigenvalue weighted by atomic mass is 32.2. The monoisotopic (exact) mass is 300 g/mol. The van der Waals surface area contributed by atoms with Gasteiger partial charge in [0.15, 0.2) is 0 Å². The summed E-state index contributed by atoms with van der Waals surface area (Å²) in [5, 5.41) is 3.41. The lowest BCUT2D eigenvalue weighted by Gasteiger charge is -2.21. The molecule has 21 heavy (non-hydrogen) atoms. The quantitative estimate of drug-likeness (QED) is 0.827. The number of aromatic nitrogens is 1. The second kappa shape index (κ2) is 7.10. The van der Waals surface area contributed by atoms with Crippen LogP contribution in [0.25, 0.3) is 0 Å². The second-order valence-electron chi connectivity index (χ2n) is 6.21. The highest BCUT2D eigenvalue weighted by molar-refractivity contribution is 7.99. The minimum atomic E-state index is 0.208. The van der Waals surface area contributed by atoms with Crippen LogP contribution in [0.5, 0.6) is 0 Å². The van der Waals surface area contributed by atoms with Crippen molar-refractivity contribution in [1.29, 1.82) is 0 Å². The number of nitrogens with zero attached hydrogens (tertiary/aromatic N) is 1. The Hall–Kier alpha value is -1.32. The van der Waals surface area contributed by atoms with Crippen molar-refractivity contribution in [2.75, 3.05) is 12.8 Å². The maximum absolute atomic E-state index is 4.05. The zero-order valence-electron chi connectivity index (χ0n) is 13.3. The first kappa shape index (κ1) is 16.1. The van der Waals surface area contributed by atoms with Crippen LogP contribution in [0.2, 0.25) is 0 Å². The maximum Gasteiger partial charge on any atom is 0.0412 e. The lowest BCUT2D eigenvalue weighted by Crippen LogP contribution is -2.19. The van der Waals surface area contributed by atoms with E-state index in [2.05, 4.69) is 67.5 Å². The molecule has 1 heterocycles. The third-order valence-corrected chi connectivity index (χ3v) is 4.70. The molecule has 2 nitrogen and oxygen atoms in total. The standard InChI is InChI=1S/C18H24N2S/c1-18(2,3)15-7-5-14(6-8-15)17(19-4)13-21-16-9-11-20-12-10-16/h5-12,17,19H,13H2,1-4H3. The van der Waals surface area contributed by atoms with E-state index in [-0.39, 0.29) is 5.41 Å². The van der Waals surface area contributed by atoms with Crippen LogP contribution in [0.4, 0.5) is 0 Å². The van der Waals surface area contributed by atoms with Gasteiger partial charge in [-0.25, -0.2) is 0 Å². The Morgan fingerprint density at radius 2 is 1.67 bits per heavy atom. The topological polar surface area (TPSA) is 24.9 Å². The fourth-order valence-electron chi connectivity index (χ4n) is 2.18. The Labute approximate surface area is 132 Å². The van der Waals surface area contributed by atoms with Gasteiger partial charge in [0.1, 0.15) is 0 Å².